The van der Waals surface area contributed by atoms with Crippen LogP contribution in [-0.2, 0) is 20.8 Å². The lowest BCUT2D eigenvalue weighted by Gasteiger charge is -2.09. The Hall–Kier alpha value is -3.35. The number of amides is 2. The molecule has 2 amide bonds. The topological polar surface area (TPSA) is 105 Å². The summed E-state index contributed by atoms with van der Waals surface area (Å²) in [5, 5.41) is 5.02. The number of carbonyl (C=O) groups is 4. The molecule has 1 aromatic heterocycles. The third kappa shape index (κ3) is 4.44. The Bertz CT molecular complexity index is 852. The van der Waals surface area contributed by atoms with Gasteiger partial charge < -0.3 is 10.6 Å². The number of rotatable bonds is 7. The van der Waals surface area contributed by atoms with Crippen molar-refractivity contribution in [3.8, 4) is 0 Å². The van der Waals surface area contributed by atoms with Gasteiger partial charge in [-0.2, -0.15) is 0 Å². The molecule has 7 nitrogen and oxygen atoms in total. The van der Waals surface area contributed by atoms with E-state index >= 15 is 0 Å². The molecule has 1 fully saturated rings. The van der Waals surface area contributed by atoms with E-state index in [9.17, 15) is 19.2 Å². The lowest BCUT2D eigenvalue weighted by Crippen LogP contribution is -2.37. The third-order valence-electron chi connectivity index (χ3n) is 4.44. The Morgan fingerprint density at radius 3 is 2.56 bits per heavy atom. The van der Waals surface area contributed by atoms with E-state index in [0.29, 0.717) is 18.4 Å². The Morgan fingerprint density at radius 2 is 1.85 bits per heavy atom. The van der Waals surface area contributed by atoms with Crippen LogP contribution in [0.2, 0.25) is 0 Å². The number of pyridine rings is 1. The van der Waals surface area contributed by atoms with Gasteiger partial charge in [0.25, 0.3) is 5.91 Å². The molecule has 1 aromatic carbocycles. The first-order chi connectivity index (χ1) is 13.1. The van der Waals surface area contributed by atoms with Gasteiger partial charge in [-0.3, -0.25) is 24.2 Å². The van der Waals surface area contributed by atoms with E-state index in [1.807, 2.05) is 30.3 Å². The highest BCUT2D eigenvalue weighted by atomic mass is 16.2. The maximum atomic E-state index is 12.5. The fourth-order valence-corrected chi connectivity index (χ4v) is 3.00. The first kappa shape index (κ1) is 18.4. The van der Waals surface area contributed by atoms with Crippen LogP contribution in [0.25, 0.3) is 0 Å². The zero-order valence-corrected chi connectivity index (χ0v) is 14.6. The summed E-state index contributed by atoms with van der Waals surface area (Å²) in [5.74, 6) is -3.49. The summed E-state index contributed by atoms with van der Waals surface area (Å²) in [6.07, 6.45) is 3.95. The first-order valence-corrected chi connectivity index (χ1v) is 8.65. The summed E-state index contributed by atoms with van der Waals surface area (Å²) in [7, 11) is 0. The van der Waals surface area contributed by atoms with Gasteiger partial charge in [-0.1, -0.05) is 30.3 Å². The minimum Gasteiger partial charge on any atom is -0.345 e. The fourth-order valence-electron chi connectivity index (χ4n) is 3.00. The van der Waals surface area contributed by atoms with Gasteiger partial charge >= 0.3 is 0 Å². The number of nitrogens with one attached hydrogen (secondary N) is 2. The molecule has 3 rings (SSSR count). The van der Waals surface area contributed by atoms with Gasteiger partial charge in [-0.15, -0.1) is 0 Å². The van der Waals surface area contributed by atoms with Gasteiger partial charge in [0.2, 0.25) is 5.91 Å². The van der Waals surface area contributed by atoms with Gasteiger partial charge in [0.15, 0.2) is 17.5 Å². The van der Waals surface area contributed by atoms with Crippen molar-refractivity contribution < 1.29 is 19.2 Å². The Kier molecular flexibility index (Phi) is 5.71. The fraction of sp³-hybridized carbons (Fsp3) is 0.250. The van der Waals surface area contributed by atoms with Crippen LogP contribution in [0.5, 0.6) is 0 Å². The molecule has 2 heterocycles. The van der Waals surface area contributed by atoms with Gasteiger partial charge in [-0.25, -0.2) is 0 Å². The maximum absolute atomic E-state index is 12.5. The minimum atomic E-state index is -1.36. The predicted molar refractivity (Wildman–Crippen MR) is 96.8 cm³/mol. The minimum absolute atomic E-state index is 0.299. The van der Waals surface area contributed by atoms with Crippen molar-refractivity contribution in [2.45, 2.75) is 18.9 Å². The molecule has 0 saturated carbocycles. The SMILES string of the molecule is O=C(NCC(=O)C1C(=O)NC(CCc2ccccc2)C1=O)c1cccnc1. The molecule has 2 unspecified atom stereocenters. The van der Waals surface area contributed by atoms with E-state index in [1.54, 1.807) is 12.1 Å². The van der Waals surface area contributed by atoms with Crippen LogP contribution >= 0.6 is 0 Å². The molecular formula is C20H19N3O4. The molecule has 0 aliphatic carbocycles. The molecule has 0 spiro atoms. The monoisotopic (exact) mass is 365 g/mol. The average molecular weight is 365 g/mol. The summed E-state index contributed by atoms with van der Waals surface area (Å²) in [6.45, 7) is -0.386. The average Bonchev–Trinajstić information content (AvgIpc) is 2.99. The lowest BCUT2D eigenvalue weighted by atomic mass is 9.95. The van der Waals surface area contributed by atoms with Crippen molar-refractivity contribution in [2.24, 2.45) is 5.92 Å². The molecule has 1 saturated heterocycles. The van der Waals surface area contributed by atoms with Gasteiger partial charge in [0.1, 0.15) is 0 Å². The molecular weight excluding hydrogens is 346 g/mol. The van der Waals surface area contributed by atoms with E-state index in [2.05, 4.69) is 15.6 Å². The van der Waals surface area contributed by atoms with Crippen LogP contribution in [0.4, 0.5) is 0 Å². The molecule has 138 valence electrons. The number of benzene rings is 1. The Morgan fingerprint density at radius 1 is 1.07 bits per heavy atom. The molecule has 2 atom stereocenters. The summed E-state index contributed by atoms with van der Waals surface area (Å²) in [5.41, 5.74) is 1.35. The number of carbonyl (C=O) groups excluding carboxylic acids is 4. The maximum Gasteiger partial charge on any atom is 0.253 e. The second-order valence-corrected chi connectivity index (χ2v) is 6.31. The standard InChI is InChI=1S/C20H19N3O4/c24-16(12-22-19(26)14-7-4-10-21-11-14)17-18(25)15(23-20(17)27)9-8-13-5-2-1-3-6-13/h1-7,10-11,15,17H,8-9,12H2,(H,22,26)(H,23,27). The first-order valence-electron chi connectivity index (χ1n) is 8.65. The molecule has 2 aromatic rings. The van der Waals surface area contributed by atoms with E-state index < -0.39 is 35.3 Å². The molecule has 1 aliphatic rings. The lowest BCUT2D eigenvalue weighted by molar-refractivity contribution is -0.136. The smallest absolute Gasteiger partial charge is 0.253 e. The van der Waals surface area contributed by atoms with E-state index in [0.717, 1.165) is 5.56 Å². The van der Waals surface area contributed by atoms with Gasteiger partial charge in [0, 0.05) is 12.4 Å². The van der Waals surface area contributed by atoms with Crippen LogP contribution in [0.3, 0.4) is 0 Å². The molecule has 27 heavy (non-hydrogen) atoms. The van der Waals surface area contributed by atoms with Crippen molar-refractivity contribution in [1.29, 1.82) is 0 Å². The van der Waals surface area contributed by atoms with Crippen LogP contribution in [0.1, 0.15) is 22.3 Å². The third-order valence-corrected chi connectivity index (χ3v) is 4.44. The molecule has 1 aliphatic heterocycles. The van der Waals surface area contributed by atoms with Crippen molar-refractivity contribution in [1.82, 2.24) is 15.6 Å². The normalized spacial score (nSPS) is 18.8. The highest BCUT2D eigenvalue weighted by molar-refractivity contribution is 6.25. The summed E-state index contributed by atoms with van der Waals surface area (Å²) in [4.78, 5) is 52.7. The summed E-state index contributed by atoms with van der Waals surface area (Å²) < 4.78 is 0. The van der Waals surface area contributed by atoms with Gasteiger partial charge in [0.05, 0.1) is 18.2 Å². The van der Waals surface area contributed by atoms with Crippen molar-refractivity contribution in [2.75, 3.05) is 6.54 Å². The van der Waals surface area contributed by atoms with Crippen LogP contribution < -0.4 is 10.6 Å². The number of hydrogen-bond acceptors (Lipinski definition) is 5. The molecule has 2 N–H and O–H groups in total. The highest BCUT2D eigenvalue weighted by Gasteiger charge is 2.44. The summed E-state index contributed by atoms with van der Waals surface area (Å²) >= 11 is 0. The number of aromatic nitrogens is 1. The van der Waals surface area contributed by atoms with Crippen LogP contribution in [0.15, 0.2) is 54.9 Å². The van der Waals surface area contributed by atoms with Crippen molar-refractivity contribution >= 4 is 23.4 Å². The summed E-state index contributed by atoms with van der Waals surface area (Å²) in [6, 6.07) is 12.1. The number of hydrogen-bond donors (Lipinski definition) is 2. The second kappa shape index (κ2) is 8.35. The second-order valence-electron chi connectivity index (χ2n) is 6.31. The van der Waals surface area contributed by atoms with Crippen LogP contribution in [-0.4, -0.2) is 41.0 Å². The highest BCUT2D eigenvalue weighted by Crippen LogP contribution is 2.17. The van der Waals surface area contributed by atoms with E-state index in [4.69, 9.17) is 0 Å². The number of ketones is 2. The van der Waals surface area contributed by atoms with E-state index in [-0.39, 0.29) is 6.54 Å². The zero-order valence-electron chi connectivity index (χ0n) is 14.6. The Balaban J connectivity index is 1.54. The molecule has 0 radical (unpaired) electrons. The molecule has 0 bridgehead atoms. The van der Waals surface area contributed by atoms with Gasteiger partial charge in [-0.05, 0) is 30.5 Å². The number of nitrogens with zero attached hydrogens (tertiary/aromatic N) is 1. The van der Waals surface area contributed by atoms with Crippen molar-refractivity contribution in [3.63, 3.8) is 0 Å². The predicted octanol–water partition coefficient (Wildman–Crippen LogP) is 0.697. The quantitative estimate of drug-likeness (QED) is 0.703. The van der Waals surface area contributed by atoms with E-state index in [1.165, 1.54) is 12.4 Å². The largest absolute Gasteiger partial charge is 0.345 e. The zero-order chi connectivity index (χ0) is 19.2. The number of aryl methyl sites for hydroxylation is 1. The number of Topliss-reactive ketones (excluding diaryl/α,β-unsaturated/α-hetero) is 2. The Labute approximate surface area is 156 Å². The van der Waals surface area contributed by atoms with Crippen molar-refractivity contribution in [3.05, 3.63) is 66.0 Å². The van der Waals surface area contributed by atoms with Crippen LogP contribution in [0, 0.1) is 5.92 Å². The molecule has 7 heteroatoms.